The Morgan fingerprint density at radius 2 is 1.82 bits per heavy atom. The molecular weight excluding hydrogens is 280 g/mol. The number of guanidine groups is 1. The SMILES string of the molecule is CCNC(=NCc1ccc(O)cc1)NCC(=O)NC(C)(C)C. The van der Waals surface area contributed by atoms with Gasteiger partial charge >= 0.3 is 0 Å². The maximum absolute atomic E-state index is 11.8. The van der Waals surface area contributed by atoms with Gasteiger partial charge in [-0.25, -0.2) is 4.99 Å². The molecule has 122 valence electrons. The molecule has 0 spiro atoms. The molecule has 0 aliphatic heterocycles. The molecule has 0 heterocycles. The zero-order valence-electron chi connectivity index (χ0n) is 13.7. The Labute approximate surface area is 132 Å². The highest BCUT2D eigenvalue weighted by atomic mass is 16.3. The number of amides is 1. The zero-order valence-corrected chi connectivity index (χ0v) is 13.7. The molecule has 0 saturated carbocycles. The van der Waals surface area contributed by atoms with Crippen LogP contribution in [0.5, 0.6) is 5.75 Å². The molecule has 0 saturated heterocycles. The number of phenols is 1. The van der Waals surface area contributed by atoms with E-state index < -0.39 is 0 Å². The summed E-state index contributed by atoms with van der Waals surface area (Å²) in [6.45, 7) is 9.13. The summed E-state index contributed by atoms with van der Waals surface area (Å²) in [6, 6.07) is 6.88. The van der Waals surface area contributed by atoms with Crippen molar-refractivity contribution < 1.29 is 9.90 Å². The summed E-state index contributed by atoms with van der Waals surface area (Å²) in [5.74, 6) is 0.735. The predicted octanol–water partition coefficient (Wildman–Crippen LogP) is 1.36. The first-order chi connectivity index (χ1) is 10.3. The first-order valence-corrected chi connectivity index (χ1v) is 7.41. The van der Waals surface area contributed by atoms with E-state index in [1.165, 1.54) is 0 Å². The molecule has 1 amide bonds. The van der Waals surface area contributed by atoms with Crippen molar-refractivity contribution in [1.82, 2.24) is 16.0 Å². The van der Waals surface area contributed by atoms with Gasteiger partial charge in [-0.15, -0.1) is 0 Å². The van der Waals surface area contributed by atoms with Crippen LogP contribution in [0.3, 0.4) is 0 Å². The second-order valence-electron chi connectivity index (χ2n) is 6.01. The van der Waals surface area contributed by atoms with E-state index in [4.69, 9.17) is 0 Å². The first-order valence-electron chi connectivity index (χ1n) is 7.41. The highest BCUT2D eigenvalue weighted by molar-refractivity contribution is 5.86. The minimum Gasteiger partial charge on any atom is -0.508 e. The number of nitrogens with zero attached hydrogens (tertiary/aromatic N) is 1. The predicted molar refractivity (Wildman–Crippen MR) is 88.8 cm³/mol. The number of nitrogens with one attached hydrogen (secondary N) is 3. The molecule has 6 heteroatoms. The van der Waals surface area contributed by atoms with E-state index in [-0.39, 0.29) is 23.7 Å². The van der Waals surface area contributed by atoms with E-state index >= 15 is 0 Å². The lowest BCUT2D eigenvalue weighted by Crippen LogP contribution is -2.48. The van der Waals surface area contributed by atoms with Crippen molar-refractivity contribution in [2.45, 2.75) is 39.8 Å². The monoisotopic (exact) mass is 306 g/mol. The lowest BCUT2D eigenvalue weighted by atomic mass is 10.1. The second kappa shape index (κ2) is 8.26. The zero-order chi connectivity index (χ0) is 16.6. The number of hydrogen-bond acceptors (Lipinski definition) is 3. The van der Waals surface area contributed by atoms with Crippen LogP contribution >= 0.6 is 0 Å². The van der Waals surface area contributed by atoms with Crippen LogP contribution < -0.4 is 16.0 Å². The molecule has 1 aromatic carbocycles. The normalized spacial score (nSPS) is 11.9. The summed E-state index contributed by atoms with van der Waals surface area (Å²) in [5, 5.41) is 18.2. The van der Waals surface area contributed by atoms with E-state index in [0.717, 1.165) is 5.56 Å². The molecule has 0 aliphatic carbocycles. The summed E-state index contributed by atoms with van der Waals surface area (Å²) < 4.78 is 0. The Morgan fingerprint density at radius 1 is 1.18 bits per heavy atom. The minimum absolute atomic E-state index is 0.0808. The van der Waals surface area contributed by atoms with E-state index in [1.54, 1.807) is 12.1 Å². The Kier molecular flexibility index (Phi) is 6.69. The van der Waals surface area contributed by atoms with Gasteiger partial charge in [0.15, 0.2) is 5.96 Å². The van der Waals surface area contributed by atoms with Gasteiger partial charge < -0.3 is 21.1 Å². The molecule has 0 fully saturated rings. The average Bonchev–Trinajstić information content (AvgIpc) is 2.42. The highest BCUT2D eigenvalue weighted by Gasteiger charge is 2.13. The number of phenolic OH excluding ortho intramolecular Hbond substituents is 1. The van der Waals surface area contributed by atoms with Crippen LogP contribution in [-0.4, -0.2) is 35.6 Å². The number of benzene rings is 1. The third-order valence-corrected chi connectivity index (χ3v) is 2.63. The van der Waals surface area contributed by atoms with Crippen molar-refractivity contribution in [3.8, 4) is 5.75 Å². The minimum atomic E-state index is -0.250. The van der Waals surface area contributed by atoms with E-state index in [9.17, 15) is 9.90 Å². The molecule has 0 radical (unpaired) electrons. The molecule has 1 rings (SSSR count). The van der Waals surface area contributed by atoms with E-state index in [0.29, 0.717) is 19.0 Å². The van der Waals surface area contributed by atoms with E-state index in [2.05, 4.69) is 20.9 Å². The van der Waals surface area contributed by atoms with Gasteiger partial charge in [-0.3, -0.25) is 4.79 Å². The molecule has 0 aromatic heterocycles. The summed E-state index contributed by atoms with van der Waals surface area (Å²) in [5.41, 5.74) is 0.731. The number of aliphatic imine (C=N–C) groups is 1. The summed E-state index contributed by atoms with van der Waals surface area (Å²) in [4.78, 5) is 16.2. The number of carbonyl (C=O) groups is 1. The Morgan fingerprint density at radius 3 is 2.36 bits per heavy atom. The molecular formula is C16H26N4O2. The van der Waals surface area contributed by atoms with Crippen LogP contribution in [0.4, 0.5) is 0 Å². The van der Waals surface area contributed by atoms with Crippen LogP contribution in [0.25, 0.3) is 0 Å². The van der Waals surface area contributed by atoms with Crippen molar-refractivity contribution in [1.29, 1.82) is 0 Å². The molecule has 6 nitrogen and oxygen atoms in total. The van der Waals surface area contributed by atoms with Crippen molar-refractivity contribution in [3.05, 3.63) is 29.8 Å². The smallest absolute Gasteiger partial charge is 0.239 e. The molecule has 0 atom stereocenters. The van der Waals surface area contributed by atoms with Crippen LogP contribution in [0.1, 0.15) is 33.3 Å². The van der Waals surface area contributed by atoms with E-state index in [1.807, 2.05) is 39.8 Å². The largest absolute Gasteiger partial charge is 0.508 e. The van der Waals surface area contributed by atoms with Gasteiger partial charge in [0.25, 0.3) is 0 Å². The number of carbonyl (C=O) groups excluding carboxylic acids is 1. The van der Waals surface area contributed by atoms with Crippen molar-refractivity contribution in [2.24, 2.45) is 4.99 Å². The molecule has 0 unspecified atom stereocenters. The quantitative estimate of drug-likeness (QED) is 0.489. The summed E-state index contributed by atoms with van der Waals surface area (Å²) in [7, 11) is 0. The fourth-order valence-electron chi connectivity index (χ4n) is 1.74. The third kappa shape index (κ3) is 7.52. The third-order valence-electron chi connectivity index (χ3n) is 2.63. The van der Waals surface area contributed by atoms with Gasteiger partial charge in [-0.2, -0.15) is 0 Å². The fraction of sp³-hybridized carbons (Fsp3) is 0.500. The van der Waals surface area contributed by atoms with Crippen LogP contribution in [0, 0.1) is 0 Å². The van der Waals surface area contributed by atoms with Gasteiger partial charge in [0, 0.05) is 12.1 Å². The van der Waals surface area contributed by atoms with Gasteiger partial charge in [0.05, 0.1) is 13.1 Å². The summed E-state index contributed by atoms with van der Waals surface area (Å²) in [6.07, 6.45) is 0. The Hall–Kier alpha value is -2.24. The van der Waals surface area contributed by atoms with Gasteiger partial charge in [-0.1, -0.05) is 12.1 Å². The molecule has 0 bridgehead atoms. The van der Waals surface area contributed by atoms with Crippen molar-refractivity contribution in [2.75, 3.05) is 13.1 Å². The maximum atomic E-state index is 11.8. The Balaban J connectivity index is 2.55. The van der Waals surface area contributed by atoms with Crippen molar-refractivity contribution >= 4 is 11.9 Å². The molecule has 22 heavy (non-hydrogen) atoms. The van der Waals surface area contributed by atoms with Crippen LogP contribution in [0.2, 0.25) is 0 Å². The molecule has 4 N–H and O–H groups in total. The average molecular weight is 306 g/mol. The Bertz CT molecular complexity index is 504. The first kappa shape index (κ1) is 17.8. The molecule has 0 aliphatic rings. The second-order valence-corrected chi connectivity index (χ2v) is 6.01. The van der Waals surface area contributed by atoms with Gasteiger partial charge in [-0.05, 0) is 45.4 Å². The molecule has 1 aromatic rings. The topological polar surface area (TPSA) is 85.8 Å². The van der Waals surface area contributed by atoms with Crippen molar-refractivity contribution in [3.63, 3.8) is 0 Å². The number of aromatic hydroxyl groups is 1. The highest BCUT2D eigenvalue weighted by Crippen LogP contribution is 2.10. The van der Waals surface area contributed by atoms with Gasteiger partial charge in [0.2, 0.25) is 5.91 Å². The number of hydrogen-bond donors (Lipinski definition) is 4. The lowest BCUT2D eigenvalue weighted by molar-refractivity contribution is -0.121. The van der Waals surface area contributed by atoms with Crippen LogP contribution in [-0.2, 0) is 11.3 Å². The number of rotatable bonds is 5. The fourth-order valence-corrected chi connectivity index (χ4v) is 1.74. The maximum Gasteiger partial charge on any atom is 0.239 e. The van der Waals surface area contributed by atoms with Crippen LogP contribution in [0.15, 0.2) is 29.3 Å². The standard InChI is InChI=1S/C16H26N4O2/c1-5-17-15(19-11-14(22)20-16(2,3)4)18-10-12-6-8-13(21)9-7-12/h6-9,21H,5,10-11H2,1-4H3,(H,20,22)(H2,17,18,19). The summed E-state index contributed by atoms with van der Waals surface area (Å²) >= 11 is 0. The van der Waals surface area contributed by atoms with Gasteiger partial charge in [0.1, 0.15) is 5.75 Å². The lowest BCUT2D eigenvalue weighted by Gasteiger charge is -2.21.